The van der Waals surface area contributed by atoms with Crippen LogP contribution in [-0.2, 0) is 6.18 Å². The van der Waals surface area contributed by atoms with Crippen LogP contribution in [0.15, 0.2) is 46.9 Å². The van der Waals surface area contributed by atoms with Crippen molar-refractivity contribution in [2.24, 2.45) is 5.10 Å². The molecule has 7 nitrogen and oxygen atoms in total. The maximum absolute atomic E-state index is 12.9. The molecule has 0 radical (unpaired) electrons. The molecule has 202 valence electrons. The Morgan fingerprint density at radius 3 is 2.26 bits per heavy atom. The maximum Gasteiger partial charge on any atom is 0.416 e. The number of piperazine rings is 1. The van der Waals surface area contributed by atoms with Crippen LogP contribution in [0.5, 0.6) is 5.75 Å². The van der Waals surface area contributed by atoms with Crippen molar-refractivity contribution in [1.82, 2.24) is 15.2 Å². The molecule has 2 N–H and O–H groups in total. The number of benzene rings is 1. The first-order valence-electron chi connectivity index (χ1n) is 11.9. The molecule has 12 heteroatoms. The number of nitrogens with zero attached hydrogens (tertiary/aromatic N) is 3. The number of alkyl halides is 3. The normalized spacial score (nSPS) is 15.2. The molecule has 1 aliphatic heterocycles. The Bertz CT molecular complexity index is 1340. The Balaban J connectivity index is 1.39. The van der Waals surface area contributed by atoms with Gasteiger partial charge in [-0.2, -0.15) is 18.3 Å². The summed E-state index contributed by atoms with van der Waals surface area (Å²) in [7, 11) is 0. The average molecular weight is 565 g/mol. The lowest BCUT2D eigenvalue weighted by Gasteiger charge is -2.36. The Labute approximate surface area is 226 Å². The van der Waals surface area contributed by atoms with Gasteiger partial charge in [0, 0.05) is 37.6 Å². The van der Waals surface area contributed by atoms with Crippen LogP contribution in [0.2, 0.25) is 0 Å². The van der Waals surface area contributed by atoms with Crippen molar-refractivity contribution in [3.05, 3.63) is 62.7 Å². The fraction of sp³-hybridized carbons (Fsp3) is 0.346. The first-order chi connectivity index (χ1) is 18.0. The molecule has 0 bridgehead atoms. The zero-order chi connectivity index (χ0) is 27.6. The molecule has 2 amide bonds. The van der Waals surface area contributed by atoms with E-state index in [0.717, 1.165) is 47.9 Å². The summed E-state index contributed by atoms with van der Waals surface area (Å²) in [6.45, 7) is 8.75. The van der Waals surface area contributed by atoms with E-state index in [1.165, 1.54) is 12.1 Å². The summed E-state index contributed by atoms with van der Waals surface area (Å²) in [5.74, 6) is -0.723. The van der Waals surface area contributed by atoms with Crippen molar-refractivity contribution in [3.8, 4) is 16.2 Å². The lowest BCUT2D eigenvalue weighted by atomic mass is 10.1. The molecule has 0 aliphatic carbocycles. The number of hydrazone groups is 1. The average Bonchev–Trinajstić information content (AvgIpc) is 3.53. The molecule has 1 aliphatic rings. The molecule has 0 saturated carbocycles. The van der Waals surface area contributed by atoms with Gasteiger partial charge in [0.2, 0.25) is 0 Å². The van der Waals surface area contributed by atoms with Gasteiger partial charge in [0.25, 0.3) is 11.8 Å². The molecule has 0 unspecified atom stereocenters. The molecule has 2 aromatic heterocycles. The highest BCUT2D eigenvalue weighted by Crippen LogP contribution is 2.40. The quantitative estimate of drug-likeness (QED) is 0.305. The summed E-state index contributed by atoms with van der Waals surface area (Å²) in [6.07, 6.45) is -4.44. The highest BCUT2D eigenvalue weighted by molar-refractivity contribution is 7.16. The lowest BCUT2D eigenvalue weighted by Crippen LogP contribution is -2.50. The fourth-order valence-corrected chi connectivity index (χ4v) is 5.92. The second-order valence-electron chi connectivity index (χ2n) is 9.13. The molecule has 4 rings (SSSR count). The third-order valence-electron chi connectivity index (χ3n) is 6.33. The molecule has 1 fully saturated rings. The Hall–Kier alpha value is -3.22. The van der Waals surface area contributed by atoms with E-state index in [2.05, 4.69) is 29.3 Å². The minimum atomic E-state index is -4.44. The summed E-state index contributed by atoms with van der Waals surface area (Å²) < 4.78 is 38.5. The highest BCUT2D eigenvalue weighted by Gasteiger charge is 2.30. The van der Waals surface area contributed by atoms with Crippen LogP contribution in [0.4, 0.5) is 13.2 Å². The zero-order valence-corrected chi connectivity index (χ0v) is 22.6. The summed E-state index contributed by atoms with van der Waals surface area (Å²) in [6, 6.07) is 8.16. The van der Waals surface area contributed by atoms with Crippen LogP contribution in [0.25, 0.3) is 10.4 Å². The van der Waals surface area contributed by atoms with Crippen LogP contribution in [0, 0.1) is 0 Å². The van der Waals surface area contributed by atoms with E-state index in [9.17, 15) is 27.9 Å². The summed E-state index contributed by atoms with van der Waals surface area (Å²) in [5, 5.41) is 16.3. The van der Waals surface area contributed by atoms with Crippen LogP contribution >= 0.6 is 22.7 Å². The van der Waals surface area contributed by atoms with Gasteiger partial charge in [0.1, 0.15) is 5.75 Å². The van der Waals surface area contributed by atoms with Crippen molar-refractivity contribution < 1.29 is 27.9 Å². The van der Waals surface area contributed by atoms with Gasteiger partial charge in [-0.05, 0) is 50.6 Å². The third kappa shape index (κ3) is 6.08. The molecular weight excluding hydrogens is 537 g/mol. The molecule has 3 aromatic rings. The smallest absolute Gasteiger partial charge is 0.416 e. The number of hydrogen-bond acceptors (Lipinski definition) is 7. The first kappa shape index (κ1) is 27.8. The van der Waals surface area contributed by atoms with Gasteiger partial charge in [-0.1, -0.05) is 12.1 Å². The molecule has 3 heterocycles. The van der Waals surface area contributed by atoms with Crippen molar-refractivity contribution in [1.29, 1.82) is 0 Å². The van der Waals surface area contributed by atoms with Crippen LogP contribution < -0.4 is 5.43 Å². The Morgan fingerprint density at radius 1 is 1.03 bits per heavy atom. The lowest BCUT2D eigenvalue weighted by molar-refractivity contribution is -0.137. The van der Waals surface area contributed by atoms with E-state index in [-0.39, 0.29) is 11.7 Å². The number of carbonyl (C=O) groups excluding carboxylic acids is 2. The summed E-state index contributed by atoms with van der Waals surface area (Å²) in [4.78, 5) is 30.8. The maximum atomic E-state index is 12.9. The zero-order valence-electron chi connectivity index (χ0n) is 21.0. The van der Waals surface area contributed by atoms with Crippen molar-refractivity contribution >= 4 is 40.2 Å². The second-order valence-corrected chi connectivity index (χ2v) is 11.1. The van der Waals surface area contributed by atoms with Gasteiger partial charge in [0.15, 0.2) is 0 Å². The topological polar surface area (TPSA) is 85.2 Å². The van der Waals surface area contributed by atoms with Crippen molar-refractivity contribution in [2.45, 2.75) is 33.0 Å². The Morgan fingerprint density at radius 2 is 1.66 bits per heavy atom. The number of rotatable bonds is 6. The van der Waals surface area contributed by atoms with Crippen LogP contribution in [0.3, 0.4) is 0 Å². The molecule has 0 atom stereocenters. The van der Waals surface area contributed by atoms with Gasteiger partial charge >= 0.3 is 6.18 Å². The number of thiophene rings is 2. The predicted octanol–water partition coefficient (Wildman–Crippen LogP) is 5.52. The van der Waals surface area contributed by atoms with Crippen molar-refractivity contribution in [3.63, 3.8) is 0 Å². The predicted molar refractivity (Wildman–Crippen MR) is 143 cm³/mol. The van der Waals surface area contributed by atoms with E-state index >= 15 is 0 Å². The number of nitrogens with one attached hydrogen (secondary N) is 1. The summed E-state index contributed by atoms with van der Waals surface area (Å²) >= 11 is 2.25. The third-order valence-corrected chi connectivity index (χ3v) is 8.42. The van der Waals surface area contributed by atoms with Gasteiger partial charge in [0.05, 0.1) is 31.5 Å². The molecule has 0 spiro atoms. The summed E-state index contributed by atoms with van der Waals surface area (Å²) in [5.41, 5.74) is 2.78. The van der Waals surface area contributed by atoms with Gasteiger partial charge in [-0.15, -0.1) is 22.7 Å². The minimum absolute atomic E-state index is 0.101. The molecule has 38 heavy (non-hydrogen) atoms. The van der Waals surface area contributed by atoms with Crippen LogP contribution in [-0.4, -0.2) is 64.7 Å². The second kappa shape index (κ2) is 11.3. The number of carbonyl (C=O) groups is 2. The first-order valence-corrected chi connectivity index (χ1v) is 13.6. The van der Waals surface area contributed by atoms with E-state index in [1.807, 2.05) is 0 Å². The van der Waals surface area contributed by atoms with Gasteiger partial charge in [-0.25, -0.2) is 5.43 Å². The van der Waals surface area contributed by atoms with E-state index in [1.54, 1.807) is 29.3 Å². The van der Waals surface area contributed by atoms with Crippen LogP contribution in [0.1, 0.15) is 51.2 Å². The largest absolute Gasteiger partial charge is 0.506 e. The number of amides is 2. The minimum Gasteiger partial charge on any atom is -0.506 e. The fourth-order valence-electron chi connectivity index (χ4n) is 4.05. The standard InChI is InChI=1S/C26H27F3N4O3S2/c1-15(2)32-10-12-33(13-11-32)25(36)21-9-8-20(38-21)24(35)31-30-16(3)19-14-37-23(22(19)34)17-4-6-18(7-5-17)26(27,28)29/h4-9,14-15,34H,10-13H2,1-3H3,(H,31,35)/b30-16+. The van der Waals surface area contributed by atoms with Gasteiger partial charge < -0.3 is 10.0 Å². The number of halogens is 3. The number of hydrogen-bond donors (Lipinski definition) is 2. The molecule has 1 aromatic carbocycles. The Kier molecular flexibility index (Phi) is 8.24. The van der Waals surface area contributed by atoms with E-state index in [0.29, 0.717) is 50.6 Å². The van der Waals surface area contributed by atoms with E-state index in [4.69, 9.17) is 0 Å². The molecular formula is C26H27F3N4O3S2. The highest BCUT2D eigenvalue weighted by atomic mass is 32.1. The molecule has 1 saturated heterocycles. The monoisotopic (exact) mass is 564 g/mol. The number of aromatic hydroxyl groups is 1. The SMILES string of the molecule is C/C(=N\NC(=O)c1ccc(C(=O)N2CCN(C(C)C)CC2)s1)c1csc(-c2ccc(C(F)(F)F)cc2)c1O. The van der Waals surface area contributed by atoms with Crippen molar-refractivity contribution in [2.75, 3.05) is 26.2 Å². The van der Waals surface area contributed by atoms with E-state index < -0.39 is 17.6 Å². The van der Waals surface area contributed by atoms with Gasteiger partial charge in [-0.3, -0.25) is 14.5 Å².